The number of halogens is 2. The lowest BCUT2D eigenvalue weighted by atomic mass is 10.0. The number of aromatic nitrogens is 4. The summed E-state index contributed by atoms with van der Waals surface area (Å²) in [6, 6.07) is 45.6. The molecule has 0 aliphatic heterocycles. The number of nitrogens with one attached hydrogen (secondary N) is 2. The third-order valence-corrected chi connectivity index (χ3v) is 8.26. The molecule has 0 saturated heterocycles. The van der Waals surface area contributed by atoms with Crippen LogP contribution in [-0.4, -0.2) is 19.9 Å². The van der Waals surface area contributed by atoms with Gasteiger partial charge in [0.15, 0.2) is 0 Å². The summed E-state index contributed by atoms with van der Waals surface area (Å²) in [5.74, 6) is 1.67. The van der Waals surface area contributed by atoms with E-state index in [-0.39, 0.29) is 0 Å². The molecule has 7 aromatic rings. The van der Waals surface area contributed by atoms with Crippen LogP contribution >= 0.6 is 31.9 Å². The number of benzene rings is 5. The molecule has 7 rings (SSSR count). The predicted octanol–water partition coefficient (Wildman–Crippen LogP) is 10.7. The van der Waals surface area contributed by atoms with Gasteiger partial charge in [0.2, 0.25) is 0 Å². The average molecular weight is 672 g/mol. The normalized spacial score (nSPS) is 11.1. The summed E-state index contributed by atoms with van der Waals surface area (Å²) in [4.78, 5) is 17.3. The molecular weight excluding hydrogens is 648 g/mol. The fraction of sp³-hybridized carbons (Fsp3) is 0. The molecule has 2 aromatic heterocycles. The number of nitrogens with zero attached hydrogens (tertiary/aromatic N) is 2. The number of aromatic amines is 2. The van der Waals surface area contributed by atoms with E-state index in [1.54, 1.807) is 0 Å². The molecule has 2 heterocycles. The Morgan fingerprint density at radius 2 is 0.690 bits per heavy atom. The molecule has 0 aliphatic carbocycles. The van der Waals surface area contributed by atoms with Crippen LogP contribution in [0, 0.1) is 0 Å². The number of H-pyrrole nitrogens is 2. The van der Waals surface area contributed by atoms with E-state index in [2.05, 4.69) is 115 Å². The highest BCUT2D eigenvalue weighted by Gasteiger charge is 2.18. The molecule has 0 unspecified atom stereocenters. The van der Waals surface area contributed by atoms with Gasteiger partial charge in [0.1, 0.15) is 11.6 Å². The number of hydrogen-bond donors (Lipinski definition) is 2. The first-order chi connectivity index (χ1) is 20.6. The molecular formula is C36H24Br2N4. The minimum Gasteiger partial charge on any atom is -0.337 e. The van der Waals surface area contributed by atoms with Crippen molar-refractivity contribution in [3.63, 3.8) is 0 Å². The maximum atomic E-state index is 5.04. The minimum absolute atomic E-state index is 0.833. The van der Waals surface area contributed by atoms with Gasteiger partial charge in [-0.15, -0.1) is 0 Å². The smallest absolute Gasteiger partial charge is 0.138 e. The van der Waals surface area contributed by atoms with Gasteiger partial charge in [0.05, 0.1) is 22.8 Å². The number of imidazole rings is 2. The van der Waals surface area contributed by atoms with Crippen LogP contribution in [-0.2, 0) is 0 Å². The van der Waals surface area contributed by atoms with Gasteiger partial charge < -0.3 is 9.97 Å². The molecule has 0 aliphatic rings. The summed E-state index contributed by atoms with van der Waals surface area (Å²) in [5.41, 5.74) is 10.1. The largest absolute Gasteiger partial charge is 0.337 e. The summed E-state index contributed by atoms with van der Waals surface area (Å²) in [5, 5.41) is 0. The van der Waals surface area contributed by atoms with Gasteiger partial charge in [0, 0.05) is 42.3 Å². The Bertz CT molecular complexity index is 1810. The van der Waals surface area contributed by atoms with E-state index in [0.29, 0.717) is 0 Å². The Balaban J connectivity index is 1.31. The zero-order chi connectivity index (χ0) is 28.5. The zero-order valence-electron chi connectivity index (χ0n) is 22.4. The first kappa shape index (κ1) is 26.4. The lowest BCUT2D eigenvalue weighted by Crippen LogP contribution is -1.86. The highest BCUT2D eigenvalue weighted by molar-refractivity contribution is 9.10. The van der Waals surface area contributed by atoms with Gasteiger partial charge in [-0.2, -0.15) is 0 Å². The van der Waals surface area contributed by atoms with Crippen LogP contribution in [0.15, 0.2) is 142 Å². The Morgan fingerprint density at radius 1 is 0.357 bits per heavy atom. The number of rotatable bonds is 6. The minimum atomic E-state index is 0.833. The van der Waals surface area contributed by atoms with Gasteiger partial charge >= 0.3 is 0 Å². The van der Waals surface area contributed by atoms with Crippen molar-refractivity contribution in [3.8, 4) is 67.8 Å². The highest BCUT2D eigenvalue weighted by atomic mass is 79.9. The Morgan fingerprint density at radius 3 is 1.05 bits per heavy atom. The molecule has 42 heavy (non-hydrogen) atoms. The molecule has 0 radical (unpaired) electrons. The summed E-state index contributed by atoms with van der Waals surface area (Å²) < 4.78 is 2.07. The van der Waals surface area contributed by atoms with Crippen LogP contribution in [0.5, 0.6) is 0 Å². The molecule has 202 valence electrons. The van der Waals surface area contributed by atoms with Gasteiger partial charge in [0.25, 0.3) is 0 Å². The van der Waals surface area contributed by atoms with Gasteiger partial charge in [-0.1, -0.05) is 141 Å². The second-order valence-corrected chi connectivity index (χ2v) is 11.8. The van der Waals surface area contributed by atoms with Crippen LogP contribution in [0.4, 0.5) is 0 Å². The SMILES string of the molecule is Brc1ccc(-c2nc(-c3ccccc3)c(-c3ccc(-c4[nH]c(-c5ccc(Br)cc5)nc4-c4ccccc4)cc3)[nH]2)cc1. The molecule has 2 N–H and O–H groups in total. The fourth-order valence-electron chi connectivity index (χ4n) is 5.07. The quantitative estimate of drug-likeness (QED) is 0.185. The van der Waals surface area contributed by atoms with Gasteiger partial charge in [-0.3, -0.25) is 0 Å². The zero-order valence-corrected chi connectivity index (χ0v) is 25.5. The standard InChI is InChI=1S/C36H24Br2N4/c37-29-19-15-27(16-20-29)35-39-31(23-7-3-1-4-8-23)33(41-35)25-11-13-26(14-12-25)34-32(24-9-5-2-6-10-24)40-36(42-34)28-17-21-30(38)22-18-28/h1-22H,(H,39,41)(H,40,42). The second-order valence-electron chi connectivity index (χ2n) is 9.94. The number of hydrogen-bond acceptors (Lipinski definition) is 2. The molecule has 0 bridgehead atoms. The molecule has 4 nitrogen and oxygen atoms in total. The third-order valence-electron chi connectivity index (χ3n) is 7.20. The van der Waals surface area contributed by atoms with Crippen LogP contribution < -0.4 is 0 Å². The Kier molecular flexibility index (Phi) is 7.16. The summed E-state index contributed by atoms with van der Waals surface area (Å²) in [7, 11) is 0. The average Bonchev–Trinajstić information content (AvgIpc) is 3.69. The maximum absolute atomic E-state index is 5.04. The summed E-state index contributed by atoms with van der Waals surface area (Å²) in [6.07, 6.45) is 0. The van der Waals surface area contributed by atoms with Crippen molar-refractivity contribution in [1.29, 1.82) is 0 Å². The maximum Gasteiger partial charge on any atom is 0.138 e. The highest BCUT2D eigenvalue weighted by Crippen LogP contribution is 2.37. The molecule has 5 aromatic carbocycles. The van der Waals surface area contributed by atoms with E-state index in [0.717, 1.165) is 76.8 Å². The molecule has 0 atom stereocenters. The first-order valence-electron chi connectivity index (χ1n) is 13.6. The molecule has 0 amide bonds. The summed E-state index contributed by atoms with van der Waals surface area (Å²) >= 11 is 7.07. The fourth-order valence-corrected chi connectivity index (χ4v) is 5.60. The van der Waals surface area contributed by atoms with Crippen molar-refractivity contribution in [3.05, 3.63) is 142 Å². The van der Waals surface area contributed by atoms with Crippen LogP contribution in [0.2, 0.25) is 0 Å². The second kappa shape index (κ2) is 11.4. The van der Waals surface area contributed by atoms with Gasteiger partial charge in [-0.25, -0.2) is 9.97 Å². The van der Waals surface area contributed by atoms with Gasteiger partial charge in [-0.05, 0) is 24.3 Å². The first-order valence-corrected chi connectivity index (χ1v) is 15.1. The van der Waals surface area contributed by atoms with E-state index < -0.39 is 0 Å². The summed E-state index contributed by atoms with van der Waals surface area (Å²) in [6.45, 7) is 0. The lowest BCUT2D eigenvalue weighted by molar-refractivity contribution is 1.30. The van der Waals surface area contributed by atoms with E-state index in [1.807, 2.05) is 60.7 Å². The van der Waals surface area contributed by atoms with Crippen molar-refractivity contribution >= 4 is 31.9 Å². The lowest BCUT2D eigenvalue weighted by Gasteiger charge is -2.07. The van der Waals surface area contributed by atoms with E-state index in [4.69, 9.17) is 9.97 Å². The van der Waals surface area contributed by atoms with Crippen molar-refractivity contribution in [2.75, 3.05) is 0 Å². The van der Waals surface area contributed by atoms with Crippen LogP contribution in [0.25, 0.3) is 67.8 Å². The topological polar surface area (TPSA) is 57.4 Å². The van der Waals surface area contributed by atoms with E-state index in [9.17, 15) is 0 Å². The van der Waals surface area contributed by atoms with E-state index in [1.165, 1.54) is 0 Å². The third kappa shape index (κ3) is 5.27. The van der Waals surface area contributed by atoms with Crippen LogP contribution in [0.1, 0.15) is 0 Å². The molecule has 6 heteroatoms. The van der Waals surface area contributed by atoms with Crippen LogP contribution in [0.3, 0.4) is 0 Å². The van der Waals surface area contributed by atoms with Crippen molar-refractivity contribution in [2.45, 2.75) is 0 Å². The monoisotopic (exact) mass is 670 g/mol. The van der Waals surface area contributed by atoms with Crippen molar-refractivity contribution in [2.24, 2.45) is 0 Å². The predicted molar refractivity (Wildman–Crippen MR) is 179 cm³/mol. The Hall–Kier alpha value is -4.52. The molecule has 0 fully saturated rings. The Labute approximate surface area is 260 Å². The van der Waals surface area contributed by atoms with E-state index >= 15 is 0 Å². The molecule has 0 saturated carbocycles. The van der Waals surface area contributed by atoms with Crippen molar-refractivity contribution in [1.82, 2.24) is 19.9 Å². The van der Waals surface area contributed by atoms with Crippen molar-refractivity contribution < 1.29 is 0 Å². The molecule has 0 spiro atoms.